The Morgan fingerprint density at radius 3 is 2.64 bits per heavy atom. The Morgan fingerprint density at radius 1 is 1.24 bits per heavy atom. The van der Waals surface area contributed by atoms with Gasteiger partial charge in [0.1, 0.15) is 11.5 Å². The lowest BCUT2D eigenvalue weighted by Gasteiger charge is -2.12. The molecule has 0 saturated heterocycles. The number of pyridine rings is 1. The molecule has 3 rings (SSSR count). The average Bonchev–Trinajstić information content (AvgIpc) is 2.95. The number of carbonyl (C=O) groups excluding carboxylic acids is 1. The molecular formula is C17H20N4O3S. The maximum absolute atomic E-state index is 12.2. The molecule has 2 heterocycles. The molecule has 132 valence electrons. The van der Waals surface area contributed by atoms with Crippen LogP contribution in [-0.4, -0.2) is 39.4 Å². The van der Waals surface area contributed by atoms with E-state index in [0.29, 0.717) is 18.7 Å². The zero-order chi connectivity index (χ0) is 18.0. The van der Waals surface area contributed by atoms with E-state index < -0.39 is 10.0 Å². The first-order valence-corrected chi connectivity index (χ1v) is 9.50. The molecule has 0 unspecified atom stereocenters. The fourth-order valence-electron chi connectivity index (χ4n) is 2.78. The highest BCUT2D eigenvalue weighted by Crippen LogP contribution is 2.24. The van der Waals surface area contributed by atoms with Crippen LogP contribution in [0.3, 0.4) is 0 Å². The topological polar surface area (TPSA) is 105 Å². The largest absolute Gasteiger partial charge is 0.359 e. The molecule has 8 heteroatoms. The molecule has 25 heavy (non-hydrogen) atoms. The summed E-state index contributed by atoms with van der Waals surface area (Å²) in [5.41, 5.74) is 2.47. The predicted octanol–water partition coefficient (Wildman–Crippen LogP) is 0.694. The summed E-state index contributed by atoms with van der Waals surface area (Å²) in [6, 6.07) is 10.00. The minimum absolute atomic E-state index is 0.0757. The maximum Gasteiger partial charge on any atom is 0.269 e. The molecule has 1 aromatic carbocycles. The fourth-order valence-corrected chi connectivity index (χ4v) is 3.30. The second kappa shape index (κ2) is 6.81. The van der Waals surface area contributed by atoms with Crippen molar-refractivity contribution in [3.63, 3.8) is 0 Å². The molecule has 0 fully saturated rings. The number of likely N-dealkylation sites (N-methyl/N-ethyl adjacent to an activating group) is 1. The molecule has 1 aromatic heterocycles. The van der Waals surface area contributed by atoms with Gasteiger partial charge < -0.3 is 10.2 Å². The van der Waals surface area contributed by atoms with E-state index in [1.54, 1.807) is 18.2 Å². The normalized spacial score (nSPS) is 13.6. The Morgan fingerprint density at radius 2 is 1.96 bits per heavy atom. The lowest BCUT2D eigenvalue weighted by Crippen LogP contribution is -2.27. The number of nitrogens with one attached hydrogen (secondary N) is 1. The highest BCUT2D eigenvalue weighted by molar-refractivity contribution is 7.89. The maximum atomic E-state index is 12.2. The summed E-state index contributed by atoms with van der Waals surface area (Å²) in [4.78, 5) is 18.8. The van der Waals surface area contributed by atoms with Crippen molar-refractivity contribution in [1.29, 1.82) is 0 Å². The number of nitrogens with zero attached hydrogens (tertiary/aromatic N) is 2. The Hall–Kier alpha value is -2.45. The first-order chi connectivity index (χ1) is 11.8. The number of rotatable bonds is 5. The van der Waals surface area contributed by atoms with Crippen LogP contribution >= 0.6 is 0 Å². The third kappa shape index (κ3) is 3.97. The Kier molecular flexibility index (Phi) is 4.73. The molecule has 0 saturated carbocycles. The zero-order valence-electron chi connectivity index (χ0n) is 13.9. The third-order valence-corrected chi connectivity index (χ3v) is 5.15. The molecule has 2 aromatic rings. The Balaban J connectivity index is 1.57. The molecule has 1 aliphatic heterocycles. The van der Waals surface area contributed by atoms with Gasteiger partial charge in [0.05, 0.1) is 4.90 Å². The molecule has 7 nitrogen and oxygen atoms in total. The lowest BCUT2D eigenvalue weighted by atomic mass is 10.1. The van der Waals surface area contributed by atoms with Crippen molar-refractivity contribution < 1.29 is 13.2 Å². The number of carbonyl (C=O) groups is 1. The summed E-state index contributed by atoms with van der Waals surface area (Å²) in [7, 11) is -1.72. The Bertz CT molecular complexity index is 895. The molecule has 0 aliphatic carbocycles. The van der Waals surface area contributed by atoms with Gasteiger partial charge in [0.25, 0.3) is 5.91 Å². The van der Waals surface area contributed by atoms with Crippen LogP contribution in [-0.2, 0) is 22.9 Å². The highest BCUT2D eigenvalue weighted by atomic mass is 32.2. The number of anilines is 1. The van der Waals surface area contributed by atoms with E-state index >= 15 is 0 Å². The molecule has 3 N–H and O–H groups in total. The van der Waals surface area contributed by atoms with Gasteiger partial charge in [0, 0.05) is 20.1 Å². The molecular weight excluding hydrogens is 340 g/mol. The van der Waals surface area contributed by atoms with Gasteiger partial charge in [-0.25, -0.2) is 18.5 Å². The predicted molar refractivity (Wildman–Crippen MR) is 95.1 cm³/mol. The van der Waals surface area contributed by atoms with Crippen molar-refractivity contribution in [3.05, 3.63) is 53.2 Å². The third-order valence-electron chi connectivity index (χ3n) is 4.22. The van der Waals surface area contributed by atoms with Crippen LogP contribution in [0.4, 0.5) is 5.82 Å². The van der Waals surface area contributed by atoms with Gasteiger partial charge in [-0.3, -0.25) is 4.79 Å². The summed E-state index contributed by atoms with van der Waals surface area (Å²) in [5, 5.41) is 7.90. The van der Waals surface area contributed by atoms with Gasteiger partial charge in [0.2, 0.25) is 10.0 Å². The van der Waals surface area contributed by atoms with Crippen LogP contribution in [0.5, 0.6) is 0 Å². The number of benzene rings is 1. The Labute approximate surface area is 146 Å². The molecule has 0 atom stereocenters. The van der Waals surface area contributed by atoms with Gasteiger partial charge >= 0.3 is 0 Å². The quantitative estimate of drug-likeness (QED) is 0.816. The second-order valence-electron chi connectivity index (χ2n) is 6.05. The molecule has 0 radical (unpaired) electrons. The smallest absolute Gasteiger partial charge is 0.269 e. The van der Waals surface area contributed by atoms with E-state index in [0.717, 1.165) is 29.9 Å². The SMILES string of the molecule is CN1CCc2ccc(C(=O)NCCc3ccc(S(N)(=O)=O)cc3)nc21. The molecule has 1 aliphatic rings. The van der Waals surface area contributed by atoms with Crippen molar-refractivity contribution >= 4 is 21.7 Å². The van der Waals surface area contributed by atoms with Crippen molar-refractivity contribution in [2.75, 3.05) is 25.0 Å². The number of amides is 1. The van der Waals surface area contributed by atoms with E-state index in [9.17, 15) is 13.2 Å². The van der Waals surface area contributed by atoms with Crippen molar-refractivity contribution in [1.82, 2.24) is 10.3 Å². The second-order valence-corrected chi connectivity index (χ2v) is 7.61. The van der Waals surface area contributed by atoms with Crippen LogP contribution in [0.2, 0.25) is 0 Å². The highest BCUT2D eigenvalue weighted by Gasteiger charge is 2.19. The minimum Gasteiger partial charge on any atom is -0.359 e. The van der Waals surface area contributed by atoms with E-state index in [-0.39, 0.29) is 10.8 Å². The number of hydrogen-bond acceptors (Lipinski definition) is 5. The number of aromatic nitrogens is 1. The first-order valence-electron chi connectivity index (χ1n) is 7.95. The summed E-state index contributed by atoms with van der Waals surface area (Å²) < 4.78 is 22.4. The van der Waals surface area contributed by atoms with Gasteiger partial charge in [0.15, 0.2) is 0 Å². The van der Waals surface area contributed by atoms with Gasteiger partial charge in [-0.2, -0.15) is 0 Å². The van der Waals surface area contributed by atoms with Gasteiger partial charge in [-0.15, -0.1) is 0 Å². The number of nitrogens with two attached hydrogens (primary N) is 1. The molecule has 1 amide bonds. The van der Waals surface area contributed by atoms with Crippen LogP contribution in [0, 0.1) is 0 Å². The van der Waals surface area contributed by atoms with Crippen molar-refractivity contribution in [2.45, 2.75) is 17.7 Å². The molecule has 0 bridgehead atoms. The van der Waals surface area contributed by atoms with E-state index in [1.165, 1.54) is 12.1 Å². The number of fused-ring (bicyclic) bond motifs is 1. The summed E-state index contributed by atoms with van der Waals surface area (Å²) in [5.74, 6) is 0.649. The zero-order valence-corrected chi connectivity index (χ0v) is 14.7. The average molecular weight is 360 g/mol. The van der Waals surface area contributed by atoms with E-state index in [1.807, 2.05) is 18.0 Å². The first kappa shape index (κ1) is 17.4. The van der Waals surface area contributed by atoms with Crippen molar-refractivity contribution in [3.8, 4) is 0 Å². The van der Waals surface area contributed by atoms with Crippen LogP contribution in [0.15, 0.2) is 41.3 Å². The number of sulfonamides is 1. The minimum atomic E-state index is -3.68. The fraction of sp³-hybridized carbons (Fsp3) is 0.294. The molecule has 0 spiro atoms. The number of hydrogen-bond donors (Lipinski definition) is 2. The van der Waals surface area contributed by atoms with Crippen LogP contribution in [0.1, 0.15) is 21.6 Å². The van der Waals surface area contributed by atoms with Gasteiger partial charge in [-0.1, -0.05) is 18.2 Å². The summed E-state index contributed by atoms with van der Waals surface area (Å²) in [6.45, 7) is 1.35. The van der Waals surface area contributed by atoms with E-state index in [2.05, 4.69) is 10.3 Å². The number of primary sulfonamides is 1. The lowest BCUT2D eigenvalue weighted by molar-refractivity contribution is 0.0949. The van der Waals surface area contributed by atoms with Crippen LogP contribution < -0.4 is 15.4 Å². The standard InChI is InChI=1S/C17H20N4O3S/c1-21-11-9-13-4-7-15(20-16(13)21)17(22)19-10-8-12-2-5-14(6-3-12)25(18,23)24/h2-7H,8-11H2,1H3,(H,19,22)(H2,18,23,24). The van der Waals surface area contributed by atoms with Gasteiger partial charge in [-0.05, 0) is 42.2 Å². The van der Waals surface area contributed by atoms with Crippen LogP contribution in [0.25, 0.3) is 0 Å². The summed E-state index contributed by atoms with van der Waals surface area (Å²) in [6.07, 6.45) is 1.54. The van der Waals surface area contributed by atoms with E-state index in [4.69, 9.17) is 5.14 Å². The van der Waals surface area contributed by atoms with Crippen molar-refractivity contribution in [2.24, 2.45) is 5.14 Å². The monoisotopic (exact) mass is 360 g/mol. The summed E-state index contributed by atoms with van der Waals surface area (Å²) >= 11 is 0.